The van der Waals surface area contributed by atoms with Gasteiger partial charge in [-0.05, 0) is 49.1 Å². The minimum Gasteiger partial charge on any atom is -0.372 e. The molecule has 1 aliphatic heterocycles. The molecule has 21 heavy (non-hydrogen) atoms. The molecular formula is C17H20N4. The number of hydrogen-bond acceptors (Lipinski definition) is 4. The highest BCUT2D eigenvalue weighted by Crippen LogP contribution is 2.19. The van der Waals surface area contributed by atoms with E-state index in [1.54, 1.807) is 6.20 Å². The average molecular weight is 280 g/mol. The van der Waals surface area contributed by atoms with E-state index < -0.39 is 0 Å². The Balaban J connectivity index is 1.59. The van der Waals surface area contributed by atoms with Gasteiger partial charge in [0.2, 0.25) is 0 Å². The van der Waals surface area contributed by atoms with Crippen LogP contribution in [-0.4, -0.2) is 24.3 Å². The van der Waals surface area contributed by atoms with Gasteiger partial charge >= 0.3 is 0 Å². The second-order valence-corrected chi connectivity index (χ2v) is 5.22. The number of benzene rings is 1. The van der Waals surface area contributed by atoms with Gasteiger partial charge in [0.05, 0.1) is 6.21 Å². The van der Waals surface area contributed by atoms with Crippen LogP contribution in [0.1, 0.15) is 24.8 Å². The van der Waals surface area contributed by atoms with Crippen LogP contribution < -0.4 is 10.3 Å². The number of piperidine rings is 1. The van der Waals surface area contributed by atoms with Gasteiger partial charge in [-0.2, -0.15) is 5.10 Å². The van der Waals surface area contributed by atoms with E-state index in [9.17, 15) is 0 Å². The van der Waals surface area contributed by atoms with Crippen molar-refractivity contribution in [2.45, 2.75) is 19.3 Å². The fraction of sp³-hybridized carbons (Fsp3) is 0.294. The van der Waals surface area contributed by atoms with Gasteiger partial charge in [-0.15, -0.1) is 0 Å². The SMILES string of the molecule is C(=N\Nc1ccccn1)/c1ccc(N2CCCCC2)cc1. The van der Waals surface area contributed by atoms with Gasteiger partial charge in [-0.3, -0.25) is 5.43 Å². The van der Waals surface area contributed by atoms with E-state index in [1.165, 1.54) is 38.0 Å². The van der Waals surface area contributed by atoms with E-state index >= 15 is 0 Å². The first kappa shape index (κ1) is 13.6. The Bertz CT molecular complexity index is 571. The molecule has 0 bridgehead atoms. The summed E-state index contributed by atoms with van der Waals surface area (Å²) in [6, 6.07) is 14.3. The maximum absolute atomic E-state index is 4.20. The van der Waals surface area contributed by atoms with Crippen molar-refractivity contribution < 1.29 is 0 Å². The van der Waals surface area contributed by atoms with Crippen molar-refractivity contribution in [2.75, 3.05) is 23.4 Å². The summed E-state index contributed by atoms with van der Waals surface area (Å²) >= 11 is 0. The predicted octanol–water partition coefficient (Wildman–Crippen LogP) is 3.52. The molecule has 3 rings (SSSR count). The number of aromatic nitrogens is 1. The van der Waals surface area contributed by atoms with E-state index in [-0.39, 0.29) is 0 Å². The molecule has 0 radical (unpaired) electrons. The zero-order valence-electron chi connectivity index (χ0n) is 12.1. The van der Waals surface area contributed by atoms with Crippen LogP contribution >= 0.6 is 0 Å². The zero-order valence-corrected chi connectivity index (χ0v) is 12.1. The average Bonchev–Trinajstić information content (AvgIpc) is 2.57. The Labute approximate surface area is 125 Å². The van der Waals surface area contributed by atoms with Crippen molar-refractivity contribution in [1.82, 2.24) is 4.98 Å². The summed E-state index contributed by atoms with van der Waals surface area (Å²) < 4.78 is 0. The lowest BCUT2D eigenvalue weighted by molar-refractivity contribution is 0.578. The Morgan fingerprint density at radius 1 is 1.00 bits per heavy atom. The Morgan fingerprint density at radius 2 is 1.81 bits per heavy atom. The fourth-order valence-corrected chi connectivity index (χ4v) is 2.53. The highest BCUT2D eigenvalue weighted by Gasteiger charge is 2.09. The summed E-state index contributed by atoms with van der Waals surface area (Å²) in [6.07, 6.45) is 7.52. The van der Waals surface area contributed by atoms with E-state index in [4.69, 9.17) is 0 Å². The van der Waals surface area contributed by atoms with Crippen molar-refractivity contribution >= 4 is 17.7 Å². The molecule has 0 unspecified atom stereocenters. The third-order valence-electron chi connectivity index (χ3n) is 3.67. The molecule has 0 spiro atoms. The van der Waals surface area contributed by atoms with E-state index in [0.717, 1.165) is 11.4 Å². The van der Waals surface area contributed by atoms with Crippen LogP contribution in [0.3, 0.4) is 0 Å². The predicted molar refractivity (Wildman–Crippen MR) is 88.0 cm³/mol. The minimum absolute atomic E-state index is 0.749. The summed E-state index contributed by atoms with van der Waals surface area (Å²) in [7, 11) is 0. The second kappa shape index (κ2) is 6.88. The van der Waals surface area contributed by atoms with Gasteiger partial charge in [-0.1, -0.05) is 18.2 Å². The molecule has 2 aromatic rings. The highest BCUT2D eigenvalue weighted by atomic mass is 15.3. The largest absolute Gasteiger partial charge is 0.372 e. The molecule has 0 amide bonds. The fourth-order valence-electron chi connectivity index (χ4n) is 2.53. The van der Waals surface area contributed by atoms with Crippen molar-refractivity contribution in [3.63, 3.8) is 0 Å². The quantitative estimate of drug-likeness (QED) is 0.688. The minimum atomic E-state index is 0.749. The molecule has 0 atom stereocenters. The monoisotopic (exact) mass is 280 g/mol. The molecule has 1 aliphatic rings. The lowest BCUT2D eigenvalue weighted by atomic mass is 10.1. The van der Waals surface area contributed by atoms with Gasteiger partial charge in [0, 0.05) is 25.0 Å². The van der Waals surface area contributed by atoms with E-state index in [0.29, 0.717) is 0 Å². The molecular weight excluding hydrogens is 260 g/mol. The first-order valence-corrected chi connectivity index (χ1v) is 7.47. The molecule has 4 nitrogen and oxygen atoms in total. The molecule has 4 heteroatoms. The number of pyridine rings is 1. The Kier molecular flexibility index (Phi) is 4.46. The number of nitrogens with one attached hydrogen (secondary N) is 1. The Hall–Kier alpha value is -2.36. The zero-order chi connectivity index (χ0) is 14.3. The van der Waals surface area contributed by atoms with Crippen LogP contribution in [0.4, 0.5) is 11.5 Å². The van der Waals surface area contributed by atoms with Gasteiger partial charge in [0.15, 0.2) is 0 Å². The van der Waals surface area contributed by atoms with E-state index in [2.05, 4.69) is 44.7 Å². The van der Waals surface area contributed by atoms with Crippen LogP contribution in [0.25, 0.3) is 0 Å². The van der Waals surface area contributed by atoms with Crippen LogP contribution in [0, 0.1) is 0 Å². The smallest absolute Gasteiger partial charge is 0.146 e. The van der Waals surface area contributed by atoms with Crippen LogP contribution in [-0.2, 0) is 0 Å². The summed E-state index contributed by atoms with van der Waals surface area (Å²) in [5, 5.41) is 4.20. The van der Waals surface area contributed by atoms with Gasteiger partial charge in [0.25, 0.3) is 0 Å². The van der Waals surface area contributed by atoms with Crippen molar-refractivity contribution in [3.8, 4) is 0 Å². The number of rotatable bonds is 4. The van der Waals surface area contributed by atoms with Gasteiger partial charge < -0.3 is 4.90 Å². The molecule has 1 saturated heterocycles. The normalized spacial score (nSPS) is 15.3. The molecule has 2 heterocycles. The summed E-state index contributed by atoms with van der Waals surface area (Å²) in [5.74, 6) is 0.749. The molecule has 1 aromatic carbocycles. The van der Waals surface area contributed by atoms with Crippen LogP contribution in [0.2, 0.25) is 0 Å². The third-order valence-corrected chi connectivity index (χ3v) is 3.67. The van der Waals surface area contributed by atoms with Crippen LogP contribution in [0.15, 0.2) is 53.8 Å². The third kappa shape index (κ3) is 3.81. The summed E-state index contributed by atoms with van der Waals surface area (Å²) in [4.78, 5) is 6.61. The number of hydrazone groups is 1. The Morgan fingerprint density at radius 3 is 2.52 bits per heavy atom. The van der Waals surface area contributed by atoms with Gasteiger partial charge in [0.1, 0.15) is 5.82 Å². The lowest BCUT2D eigenvalue weighted by Gasteiger charge is -2.28. The topological polar surface area (TPSA) is 40.5 Å². The number of hydrogen-bond donors (Lipinski definition) is 1. The molecule has 1 fully saturated rings. The van der Waals surface area contributed by atoms with Gasteiger partial charge in [-0.25, -0.2) is 4.98 Å². The highest BCUT2D eigenvalue weighted by molar-refractivity contribution is 5.80. The molecule has 1 N–H and O–H groups in total. The number of nitrogens with zero attached hydrogens (tertiary/aromatic N) is 3. The van der Waals surface area contributed by atoms with E-state index in [1.807, 2.05) is 24.4 Å². The van der Waals surface area contributed by atoms with Crippen molar-refractivity contribution in [3.05, 3.63) is 54.2 Å². The molecule has 0 saturated carbocycles. The second-order valence-electron chi connectivity index (χ2n) is 5.22. The summed E-state index contributed by atoms with van der Waals surface area (Å²) in [5.41, 5.74) is 5.31. The molecule has 0 aliphatic carbocycles. The maximum atomic E-state index is 4.20. The first-order chi connectivity index (χ1) is 10.4. The van der Waals surface area contributed by atoms with Crippen LogP contribution in [0.5, 0.6) is 0 Å². The first-order valence-electron chi connectivity index (χ1n) is 7.47. The van der Waals surface area contributed by atoms with Crippen molar-refractivity contribution in [2.24, 2.45) is 5.10 Å². The lowest BCUT2D eigenvalue weighted by Crippen LogP contribution is -2.29. The van der Waals surface area contributed by atoms with Crippen molar-refractivity contribution in [1.29, 1.82) is 0 Å². The maximum Gasteiger partial charge on any atom is 0.146 e. The standard InChI is InChI=1S/C17H20N4/c1-4-12-21(13-5-1)16-9-7-15(8-10-16)14-19-20-17-6-2-3-11-18-17/h2-3,6-11,14H,1,4-5,12-13H2,(H,18,20)/b19-14+. The summed E-state index contributed by atoms with van der Waals surface area (Å²) in [6.45, 7) is 2.35. The molecule has 108 valence electrons. The molecule has 1 aromatic heterocycles. The number of anilines is 2.